The molecule has 0 aromatic heterocycles. The van der Waals surface area contributed by atoms with Gasteiger partial charge < -0.3 is 0 Å². The van der Waals surface area contributed by atoms with Crippen molar-refractivity contribution < 1.29 is 12.8 Å². The molecule has 1 aromatic carbocycles. The second-order valence-electron chi connectivity index (χ2n) is 2.24. The van der Waals surface area contributed by atoms with Crippen LogP contribution in [0.4, 0.5) is 4.39 Å². The van der Waals surface area contributed by atoms with Crippen LogP contribution in [0.3, 0.4) is 0 Å². The van der Waals surface area contributed by atoms with Crippen LogP contribution in [0.25, 0.3) is 0 Å². The number of halogens is 3. The minimum atomic E-state index is -4.06. The number of hydrogen-bond donors (Lipinski definition) is 1. The van der Waals surface area contributed by atoms with E-state index in [-0.39, 0.29) is 9.50 Å². The zero-order valence-electron chi connectivity index (χ0n) is 6.09. The van der Waals surface area contributed by atoms with Crippen molar-refractivity contribution in [3.05, 3.63) is 27.4 Å². The highest BCUT2D eigenvalue weighted by Crippen LogP contribution is 2.27. The van der Waals surface area contributed by atoms with E-state index in [2.05, 4.69) is 15.9 Å². The maximum Gasteiger partial charge on any atom is 0.242 e. The Kier molecular flexibility index (Phi) is 2.96. The third-order valence-corrected chi connectivity index (χ3v) is 3.34. The lowest BCUT2D eigenvalue weighted by atomic mass is 10.3. The number of rotatable bonds is 1. The molecule has 0 aliphatic heterocycles. The van der Waals surface area contributed by atoms with E-state index in [1.54, 1.807) is 0 Å². The topological polar surface area (TPSA) is 60.2 Å². The van der Waals surface area contributed by atoms with Crippen molar-refractivity contribution in [2.45, 2.75) is 4.90 Å². The van der Waals surface area contributed by atoms with Crippen molar-refractivity contribution in [3.63, 3.8) is 0 Å². The molecule has 7 heteroatoms. The lowest BCUT2D eigenvalue weighted by molar-refractivity contribution is 0.566. The molecule has 13 heavy (non-hydrogen) atoms. The molecule has 0 spiro atoms. The zero-order chi connectivity index (χ0) is 10.2. The van der Waals surface area contributed by atoms with Crippen LogP contribution in [0.1, 0.15) is 0 Å². The molecule has 0 saturated heterocycles. The van der Waals surface area contributed by atoms with E-state index in [0.29, 0.717) is 0 Å². The van der Waals surface area contributed by atoms with Crippen LogP contribution >= 0.6 is 27.5 Å². The van der Waals surface area contributed by atoms with Crippen LogP contribution in [-0.2, 0) is 10.0 Å². The maximum atomic E-state index is 13.0. The Hall–Kier alpha value is -0.170. The van der Waals surface area contributed by atoms with E-state index in [1.807, 2.05) is 0 Å². The van der Waals surface area contributed by atoms with Crippen LogP contribution in [0.5, 0.6) is 0 Å². The van der Waals surface area contributed by atoms with Gasteiger partial charge in [0.25, 0.3) is 0 Å². The Bertz CT molecular complexity index is 425. The van der Waals surface area contributed by atoms with Gasteiger partial charge in [0.15, 0.2) is 0 Å². The molecule has 0 amide bonds. The Labute approximate surface area is 87.9 Å². The first-order chi connectivity index (χ1) is 5.82. The predicted molar refractivity (Wildman–Crippen MR) is 50.5 cm³/mol. The van der Waals surface area contributed by atoms with Gasteiger partial charge in [-0.15, -0.1) is 0 Å². The summed E-state index contributed by atoms with van der Waals surface area (Å²) in [6, 6.07) is 2.14. The molecule has 2 N–H and O–H groups in total. The largest absolute Gasteiger partial charge is 0.242 e. The van der Waals surface area contributed by atoms with E-state index in [4.69, 9.17) is 16.7 Å². The molecule has 0 heterocycles. The van der Waals surface area contributed by atoms with E-state index in [1.165, 1.54) is 6.07 Å². The van der Waals surface area contributed by atoms with Gasteiger partial charge in [0.1, 0.15) is 10.7 Å². The zero-order valence-corrected chi connectivity index (χ0v) is 9.25. The SMILES string of the molecule is NS(=O)(=O)c1c(F)cc(Cl)cc1Br. The van der Waals surface area contributed by atoms with Crippen LogP contribution in [0.15, 0.2) is 21.5 Å². The van der Waals surface area contributed by atoms with E-state index in [9.17, 15) is 12.8 Å². The van der Waals surface area contributed by atoms with Crippen LogP contribution in [0.2, 0.25) is 5.02 Å². The van der Waals surface area contributed by atoms with Gasteiger partial charge in [-0.2, -0.15) is 0 Å². The van der Waals surface area contributed by atoms with Gasteiger partial charge >= 0.3 is 0 Å². The normalized spacial score (nSPS) is 11.7. The third kappa shape index (κ3) is 2.40. The molecule has 0 unspecified atom stereocenters. The molecule has 3 nitrogen and oxygen atoms in total. The highest BCUT2D eigenvalue weighted by atomic mass is 79.9. The summed E-state index contributed by atoms with van der Waals surface area (Å²) >= 11 is 8.32. The standard InChI is InChI=1S/C6H4BrClFNO2S/c7-4-1-3(8)2-5(9)6(4)13(10,11)12/h1-2H,(H2,10,11,12). The molecular formula is C6H4BrClFNO2S. The Morgan fingerprint density at radius 3 is 2.38 bits per heavy atom. The Morgan fingerprint density at radius 1 is 1.46 bits per heavy atom. The summed E-state index contributed by atoms with van der Waals surface area (Å²) in [6.07, 6.45) is 0. The van der Waals surface area contributed by atoms with Gasteiger partial charge in [-0.25, -0.2) is 17.9 Å². The van der Waals surface area contributed by atoms with Crippen LogP contribution < -0.4 is 5.14 Å². The molecule has 0 radical (unpaired) electrons. The molecule has 0 fully saturated rings. The monoisotopic (exact) mass is 287 g/mol. The summed E-state index contributed by atoms with van der Waals surface area (Å²) in [7, 11) is -4.06. The van der Waals surface area contributed by atoms with E-state index in [0.717, 1.165) is 6.07 Å². The van der Waals surface area contributed by atoms with E-state index >= 15 is 0 Å². The highest BCUT2D eigenvalue weighted by Gasteiger charge is 2.18. The van der Waals surface area contributed by atoms with Gasteiger partial charge in [0, 0.05) is 9.50 Å². The Balaban J connectivity index is 3.57. The maximum absolute atomic E-state index is 13.0. The average Bonchev–Trinajstić information content (AvgIpc) is 1.78. The second-order valence-corrected chi connectivity index (χ2v) is 5.03. The summed E-state index contributed by atoms with van der Waals surface area (Å²) in [5.74, 6) is -0.970. The predicted octanol–water partition coefficient (Wildman–Crippen LogP) is 1.89. The fourth-order valence-corrected chi connectivity index (χ4v) is 2.91. The quantitative estimate of drug-likeness (QED) is 0.858. The van der Waals surface area contributed by atoms with Crippen LogP contribution in [-0.4, -0.2) is 8.42 Å². The number of primary sulfonamides is 1. The van der Waals surface area contributed by atoms with Crippen molar-refractivity contribution in [3.8, 4) is 0 Å². The van der Waals surface area contributed by atoms with Crippen molar-refractivity contribution in [1.82, 2.24) is 0 Å². The van der Waals surface area contributed by atoms with Gasteiger partial charge in [-0.05, 0) is 28.1 Å². The minimum Gasteiger partial charge on any atom is -0.224 e. The first-order valence-corrected chi connectivity index (χ1v) is 5.71. The Morgan fingerprint density at radius 2 is 2.00 bits per heavy atom. The molecule has 0 aliphatic carbocycles. The molecule has 1 aromatic rings. The molecule has 0 saturated carbocycles. The van der Waals surface area contributed by atoms with Crippen molar-refractivity contribution >= 4 is 37.6 Å². The average molecular weight is 289 g/mol. The fourth-order valence-electron chi connectivity index (χ4n) is 0.801. The summed E-state index contributed by atoms with van der Waals surface area (Å²) in [6.45, 7) is 0. The summed E-state index contributed by atoms with van der Waals surface area (Å²) in [4.78, 5) is -0.586. The van der Waals surface area contributed by atoms with Gasteiger partial charge in [-0.1, -0.05) is 11.6 Å². The van der Waals surface area contributed by atoms with Gasteiger partial charge in [0.05, 0.1) is 0 Å². The molecule has 0 aliphatic rings. The van der Waals surface area contributed by atoms with Crippen LogP contribution in [0, 0.1) is 5.82 Å². The van der Waals surface area contributed by atoms with Gasteiger partial charge in [0.2, 0.25) is 10.0 Å². The lowest BCUT2D eigenvalue weighted by Gasteiger charge is -2.03. The summed E-state index contributed by atoms with van der Waals surface area (Å²) in [5, 5.41) is 4.86. The second kappa shape index (κ2) is 3.53. The third-order valence-electron chi connectivity index (χ3n) is 1.25. The summed E-state index contributed by atoms with van der Waals surface area (Å²) < 4.78 is 34.7. The molecule has 72 valence electrons. The highest BCUT2D eigenvalue weighted by molar-refractivity contribution is 9.10. The number of nitrogens with two attached hydrogens (primary N) is 1. The molecule has 0 bridgehead atoms. The van der Waals surface area contributed by atoms with Crippen molar-refractivity contribution in [2.24, 2.45) is 5.14 Å². The summed E-state index contributed by atoms with van der Waals surface area (Å²) in [5.41, 5.74) is 0. The van der Waals surface area contributed by atoms with Crippen molar-refractivity contribution in [1.29, 1.82) is 0 Å². The van der Waals surface area contributed by atoms with E-state index < -0.39 is 20.7 Å². The molecule has 0 atom stereocenters. The molecule has 1 rings (SSSR count). The fraction of sp³-hybridized carbons (Fsp3) is 0. The molecular weight excluding hydrogens is 284 g/mol. The first-order valence-electron chi connectivity index (χ1n) is 2.99. The number of hydrogen-bond acceptors (Lipinski definition) is 2. The first kappa shape index (κ1) is 10.9. The van der Waals surface area contributed by atoms with Gasteiger partial charge in [-0.3, -0.25) is 0 Å². The number of sulfonamides is 1. The number of benzene rings is 1. The lowest BCUT2D eigenvalue weighted by Crippen LogP contribution is -2.14. The van der Waals surface area contributed by atoms with Crippen molar-refractivity contribution in [2.75, 3.05) is 0 Å². The minimum absolute atomic E-state index is 0.0139. The smallest absolute Gasteiger partial charge is 0.224 e.